The van der Waals surface area contributed by atoms with Gasteiger partial charge in [0, 0.05) is 31.0 Å². The number of hydrogen-bond acceptors (Lipinski definition) is 8. The van der Waals surface area contributed by atoms with Gasteiger partial charge in [-0.2, -0.15) is 0 Å². The number of amides is 3. The number of likely N-dealkylation sites (N-methyl/N-ethyl adjacent to an activating group) is 1. The number of benzene rings is 2. The van der Waals surface area contributed by atoms with Crippen LogP contribution in [0.25, 0.3) is 11.3 Å². The van der Waals surface area contributed by atoms with E-state index in [9.17, 15) is 24.6 Å². The number of aliphatic hydroxyl groups is 1. The second kappa shape index (κ2) is 16.8. The van der Waals surface area contributed by atoms with E-state index in [2.05, 4.69) is 20.6 Å². The zero-order valence-electron chi connectivity index (χ0n) is 27.6. The lowest BCUT2D eigenvalue weighted by Gasteiger charge is -2.34. The van der Waals surface area contributed by atoms with Gasteiger partial charge in [0.25, 0.3) is 0 Å². The summed E-state index contributed by atoms with van der Waals surface area (Å²) in [5, 5.41) is 27.3. The third kappa shape index (κ3) is 10.6. The van der Waals surface area contributed by atoms with Crippen molar-refractivity contribution >= 4 is 29.4 Å². The number of nitrogens with one attached hydrogen (secondary N) is 2. The molecule has 2 aromatic heterocycles. The topological polar surface area (TPSA) is 154 Å². The van der Waals surface area contributed by atoms with E-state index in [1.165, 1.54) is 23.3 Å². The maximum absolute atomic E-state index is 13.8. The summed E-state index contributed by atoms with van der Waals surface area (Å²) in [5.41, 5.74) is 4.45. The van der Waals surface area contributed by atoms with E-state index in [0.717, 1.165) is 27.3 Å². The number of thiazole rings is 1. The maximum Gasteiger partial charge on any atom is 0.408 e. The van der Waals surface area contributed by atoms with Crippen LogP contribution in [0, 0.1) is 5.41 Å². The molecule has 4 aromatic rings. The van der Waals surface area contributed by atoms with E-state index in [4.69, 9.17) is 4.74 Å². The van der Waals surface area contributed by atoms with Crippen molar-refractivity contribution in [3.8, 4) is 11.3 Å². The van der Waals surface area contributed by atoms with Crippen molar-refractivity contribution in [3.05, 3.63) is 107 Å². The first-order valence-corrected chi connectivity index (χ1v) is 16.6. The average molecular weight is 674 g/mol. The average Bonchev–Trinajstić information content (AvgIpc) is 3.60. The number of aromatic nitrogens is 2. The van der Waals surface area contributed by atoms with Crippen LogP contribution < -0.4 is 10.6 Å². The number of carboxylic acid groups (broad SMARTS) is 1. The number of carbonyl (C=O) groups excluding carboxylic acids is 2. The first kappa shape index (κ1) is 36.0. The molecule has 0 aliphatic rings. The van der Waals surface area contributed by atoms with Crippen LogP contribution in [-0.4, -0.2) is 74.5 Å². The molecule has 2 aromatic carbocycles. The first-order chi connectivity index (χ1) is 22.9. The highest BCUT2D eigenvalue weighted by Crippen LogP contribution is 2.23. The lowest BCUT2D eigenvalue weighted by molar-refractivity contribution is -0.127. The third-order valence-corrected chi connectivity index (χ3v) is 8.81. The molecule has 0 aliphatic carbocycles. The van der Waals surface area contributed by atoms with Gasteiger partial charge in [0.05, 0.1) is 28.2 Å². The molecule has 0 saturated heterocycles. The van der Waals surface area contributed by atoms with E-state index in [1.807, 2.05) is 93.6 Å². The number of nitrogens with zero attached hydrogens (tertiary/aromatic N) is 3. The van der Waals surface area contributed by atoms with E-state index in [1.54, 1.807) is 17.9 Å². The number of pyridine rings is 1. The lowest BCUT2D eigenvalue weighted by atomic mass is 9.85. The SMILES string of the molecule is CN(C(=O)O)[C@@H](Cc1ccc(-c2ccccn2)cc1)C[C@H](O)[C@H](Cc1ccccc1)NC(=O)[C@@H](NC(=O)OCc1cncs1)C(C)(C)C. The normalized spacial score (nSPS) is 13.9. The Labute approximate surface area is 285 Å². The Kier molecular flexibility index (Phi) is 12.6. The predicted molar refractivity (Wildman–Crippen MR) is 184 cm³/mol. The van der Waals surface area contributed by atoms with Crippen LogP contribution in [-0.2, 0) is 29.0 Å². The Morgan fingerprint density at radius 1 is 0.938 bits per heavy atom. The molecular weight excluding hydrogens is 630 g/mol. The number of rotatable bonds is 14. The molecule has 0 aliphatic heterocycles. The fraction of sp³-hybridized carbons (Fsp3) is 0.361. The second-order valence-electron chi connectivity index (χ2n) is 12.8. The van der Waals surface area contributed by atoms with E-state index >= 15 is 0 Å². The zero-order valence-corrected chi connectivity index (χ0v) is 28.4. The highest BCUT2D eigenvalue weighted by molar-refractivity contribution is 7.09. The molecule has 48 heavy (non-hydrogen) atoms. The molecule has 0 radical (unpaired) electrons. The summed E-state index contributed by atoms with van der Waals surface area (Å²) >= 11 is 1.35. The van der Waals surface area contributed by atoms with Crippen molar-refractivity contribution in [2.45, 2.75) is 70.9 Å². The van der Waals surface area contributed by atoms with Gasteiger partial charge in [-0.3, -0.25) is 14.8 Å². The molecule has 254 valence electrons. The largest absolute Gasteiger partial charge is 0.465 e. The molecular formula is C36H43N5O6S. The van der Waals surface area contributed by atoms with Crippen LogP contribution in [0.5, 0.6) is 0 Å². The molecule has 0 saturated carbocycles. The van der Waals surface area contributed by atoms with Crippen molar-refractivity contribution in [3.63, 3.8) is 0 Å². The molecule has 11 nitrogen and oxygen atoms in total. The van der Waals surface area contributed by atoms with Gasteiger partial charge >= 0.3 is 12.2 Å². The monoisotopic (exact) mass is 673 g/mol. The molecule has 0 fully saturated rings. The van der Waals surface area contributed by atoms with Crippen molar-refractivity contribution < 1.29 is 29.3 Å². The molecule has 0 bridgehead atoms. The Morgan fingerprint density at radius 3 is 2.23 bits per heavy atom. The van der Waals surface area contributed by atoms with Crippen molar-refractivity contribution in [1.29, 1.82) is 0 Å². The fourth-order valence-corrected chi connectivity index (χ4v) is 5.80. The summed E-state index contributed by atoms with van der Waals surface area (Å²) in [4.78, 5) is 49.0. The summed E-state index contributed by atoms with van der Waals surface area (Å²) in [5.74, 6) is -0.495. The van der Waals surface area contributed by atoms with Gasteiger partial charge < -0.3 is 30.5 Å². The fourth-order valence-electron chi connectivity index (χ4n) is 5.30. The minimum absolute atomic E-state index is 0.0225. The van der Waals surface area contributed by atoms with Gasteiger partial charge in [0.2, 0.25) is 5.91 Å². The van der Waals surface area contributed by atoms with Crippen molar-refractivity contribution in [2.75, 3.05) is 7.05 Å². The first-order valence-electron chi connectivity index (χ1n) is 15.7. The summed E-state index contributed by atoms with van der Waals surface area (Å²) in [6, 6.07) is 20.4. The number of ether oxygens (including phenoxy) is 1. The van der Waals surface area contributed by atoms with Crippen LogP contribution in [0.2, 0.25) is 0 Å². The predicted octanol–water partition coefficient (Wildman–Crippen LogP) is 5.55. The molecule has 0 spiro atoms. The van der Waals surface area contributed by atoms with Crippen molar-refractivity contribution in [1.82, 2.24) is 25.5 Å². The molecule has 2 heterocycles. The highest BCUT2D eigenvalue weighted by atomic mass is 32.1. The smallest absolute Gasteiger partial charge is 0.408 e. The van der Waals surface area contributed by atoms with Crippen LogP contribution in [0.1, 0.15) is 43.2 Å². The van der Waals surface area contributed by atoms with E-state index < -0.39 is 47.7 Å². The minimum Gasteiger partial charge on any atom is -0.465 e. The van der Waals surface area contributed by atoms with Crippen LogP contribution >= 0.6 is 11.3 Å². The van der Waals surface area contributed by atoms with Crippen LogP contribution in [0.4, 0.5) is 9.59 Å². The second-order valence-corrected chi connectivity index (χ2v) is 13.7. The van der Waals surface area contributed by atoms with Gasteiger partial charge in [0.1, 0.15) is 12.6 Å². The van der Waals surface area contributed by atoms with Gasteiger partial charge in [-0.15, -0.1) is 11.3 Å². The van der Waals surface area contributed by atoms with E-state index in [-0.39, 0.29) is 19.4 Å². The number of carbonyl (C=O) groups is 3. The molecule has 3 amide bonds. The summed E-state index contributed by atoms with van der Waals surface area (Å²) in [7, 11) is 1.48. The Morgan fingerprint density at radius 2 is 1.62 bits per heavy atom. The summed E-state index contributed by atoms with van der Waals surface area (Å²) in [6.45, 7) is 5.48. The number of hydrogen-bond donors (Lipinski definition) is 4. The molecule has 0 unspecified atom stereocenters. The third-order valence-electron chi connectivity index (χ3n) is 8.06. The lowest BCUT2D eigenvalue weighted by Crippen LogP contribution is -2.58. The molecule has 4 rings (SSSR count). The Hall–Kier alpha value is -4.81. The standard InChI is InChI=1S/C36H43N5O6S/c1-36(2,3)32(40-34(44)47-22-28-21-37-23-48-28)33(43)39-30(19-24-10-6-5-7-11-24)31(42)20-27(41(4)35(45)46)18-25-13-15-26(16-14-25)29-12-8-9-17-38-29/h5-17,21,23,27,30-32,42H,18-20,22H2,1-4H3,(H,39,43)(H,40,44)(H,45,46)/t27-,30-,31-,32+/m0/s1. The van der Waals surface area contributed by atoms with Gasteiger partial charge in [-0.25, -0.2) is 9.59 Å². The molecule has 4 N–H and O–H groups in total. The summed E-state index contributed by atoms with van der Waals surface area (Å²) in [6.07, 6.45) is 0.983. The van der Waals surface area contributed by atoms with Gasteiger partial charge in [-0.1, -0.05) is 81.4 Å². The molecule has 12 heteroatoms. The van der Waals surface area contributed by atoms with E-state index in [0.29, 0.717) is 6.42 Å². The minimum atomic E-state index is -1.13. The highest BCUT2D eigenvalue weighted by Gasteiger charge is 2.36. The number of aliphatic hydroxyl groups excluding tert-OH is 1. The Balaban J connectivity index is 1.51. The van der Waals surface area contributed by atoms with Crippen molar-refractivity contribution in [2.24, 2.45) is 5.41 Å². The van der Waals surface area contributed by atoms with Crippen LogP contribution in [0.15, 0.2) is 90.7 Å². The van der Waals surface area contributed by atoms with Gasteiger partial charge in [0.15, 0.2) is 0 Å². The zero-order chi connectivity index (χ0) is 34.7. The van der Waals surface area contributed by atoms with Gasteiger partial charge in [-0.05, 0) is 47.9 Å². The quantitative estimate of drug-likeness (QED) is 0.136. The summed E-state index contributed by atoms with van der Waals surface area (Å²) < 4.78 is 5.33. The van der Waals surface area contributed by atoms with Crippen LogP contribution in [0.3, 0.4) is 0 Å². The number of alkyl carbamates (subject to hydrolysis) is 1. The molecule has 4 atom stereocenters. The Bertz CT molecular complexity index is 1600. The maximum atomic E-state index is 13.8.